The molecule has 0 spiro atoms. The average molecular weight is 321 g/mol. The molecule has 0 heterocycles. The predicted octanol–water partition coefficient (Wildman–Crippen LogP) is 6.08. The molecular formula is C23H29O. The van der Waals surface area contributed by atoms with E-state index in [1.54, 1.807) is 0 Å². The molecule has 2 rings (SSSR count). The molecule has 0 bridgehead atoms. The number of carbonyl (C=O) groups is 1. The monoisotopic (exact) mass is 321 g/mol. The van der Waals surface area contributed by atoms with Crippen LogP contribution in [0.2, 0.25) is 0 Å². The lowest BCUT2D eigenvalue weighted by Gasteiger charge is -2.16. The van der Waals surface area contributed by atoms with Crippen molar-refractivity contribution >= 4 is 5.78 Å². The molecule has 0 saturated heterocycles. The molecular weight excluding hydrogens is 292 g/mol. The van der Waals surface area contributed by atoms with E-state index in [1.165, 1.54) is 22.3 Å². The molecule has 24 heavy (non-hydrogen) atoms. The van der Waals surface area contributed by atoms with E-state index in [1.807, 2.05) is 6.07 Å². The first-order valence-corrected chi connectivity index (χ1v) is 8.86. The molecule has 0 atom stereocenters. The molecule has 2 aromatic rings. The van der Waals surface area contributed by atoms with E-state index in [4.69, 9.17) is 0 Å². The largest absolute Gasteiger partial charge is 0.294 e. The minimum Gasteiger partial charge on any atom is -0.294 e. The lowest BCUT2D eigenvalue weighted by molar-refractivity contribution is 0.0991. The van der Waals surface area contributed by atoms with Crippen LogP contribution in [-0.2, 0) is 6.42 Å². The molecule has 0 aliphatic carbocycles. The van der Waals surface area contributed by atoms with Gasteiger partial charge in [0.25, 0.3) is 0 Å². The number of Topliss-reactive ketones (excluding diaryl/α,β-unsaturated/α-hetero) is 1. The summed E-state index contributed by atoms with van der Waals surface area (Å²) in [5.74, 6) is 0.913. The molecule has 0 unspecified atom stereocenters. The van der Waals surface area contributed by atoms with Gasteiger partial charge in [0.05, 0.1) is 0 Å². The number of carbonyl (C=O) groups excluding carboxylic acids is 1. The van der Waals surface area contributed by atoms with Gasteiger partial charge < -0.3 is 0 Å². The molecule has 0 N–H and O–H groups in total. The Labute approximate surface area is 147 Å². The Bertz CT molecular complexity index is 728. The van der Waals surface area contributed by atoms with Crippen molar-refractivity contribution in [2.75, 3.05) is 0 Å². The van der Waals surface area contributed by atoms with Gasteiger partial charge in [-0.15, -0.1) is 0 Å². The molecule has 0 aliphatic rings. The number of hydrogen-bond acceptors (Lipinski definition) is 1. The Morgan fingerprint density at radius 2 is 1.54 bits per heavy atom. The van der Waals surface area contributed by atoms with Gasteiger partial charge in [0, 0.05) is 12.0 Å². The summed E-state index contributed by atoms with van der Waals surface area (Å²) in [6.45, 7) is 14.9. The van der Waals surface area contributed by atoms with Crippen molar-refractivity contribution < 1.29 is 4.79 Å². The van der Waals surface area contributed by atoms with Crippen LogP contribution in [0, 0.1) is 26.8 Å². The Hall–Kier alpha value is -1.89. The molecule has 0 aromatic heterocycles. The highest BCUT2D eigenvalue weighted by molar-refractivity contribution is 5.99. The van der Waals surface area contributed by atoms with Crippen LogP contribution >= 0.6 is 0 Å². The maximum atomic E-state index is 13.0. The summed E-state index contributed by atoms with van der Waals surface area (Å²) in [6, 6.07) is 11.9. The van der Waals surface area contributed by atoms with Gasteiger partial charge in [-0.3, -0.25) is 4.79 Å². The van der Waals surface area contributed by atoms with Crippen molar-refractivity contribution in [3.63, 3.8) is 0 Å². The number of ketones is 1. The Balaban J connectivity index is 2.40. The Morgan fingerprint density at radius 3 is 2.04 bits per heavy atom. The topological polar surface area (TPSA) is 17.1 Å². The van der Waals surface area contributed by atoms with Crippen molar-refractivity contribution in [2.45, 2.75) is 66.7 Å². The second-order valence-electron chi connectivity index (χ2n) is 7.53. The van der Waals surface area contributed by atoms with Crippen molar-refractivity contribution in [3.8, 4) is 0 Å². The lowest BCUT2D eigenvalue weighted by atomic mass is 9.87. The van der Waals surface area contributed by atoms with Crippen LogP contribution in [-0.4, -0.2) is 5.78 Å². The smallest absolute Gasteiger partial charge is 0.167 e. The summed E-state index contributed by atoms with van der Waals surface area (Å²) in [5, 5.41) is 0. The Morgan fingerprint density at radius 1 is 0.958 bits per heavy atom. The molecule has 1 radical (unpaired) electrons. The Kier molecular flexibility index (Phi) is 5.64. The maximum absolute atomic E-state index is 13.0. The number of benzene rings is 2. The fourth-order valence-electron chi connectivity index (χ4n) is 3.31. The van der Waals surface area contributed by atoms with Gasteiger partial charge in [-0.25, -0.2) is 0 Å². The van der Waals surface area contributed by atoms with Crippen LogP contribution in [0.15, 0.2) is 24.3 Å². The van der Waals surface area contributed by atoms with Crippen LogP contribution in [0.1, 0.15) is 83.3 Å². The highest BCUT2D eigenvalue weighted by Gasteiger charge is 2.18. The zero-order valence-electron chi connectivity index (χ0n) is 16.1. The molecule has 0 saturated carbocycles. The summed E-state index contributed by atoms with van der Waals surface area (Å²) in [7, 11) is 0. The van der Waals surface area contributed by atoms with Crippen molar-refractivity contribution in [1.29, 1.82) is 0 Å². The van der Waals surface area contributed by atoms with E-state index in [9.17, 15) is 4.79 Å². The predicted molar refractivity (Wildman–Crippen MR) is 102 cm³/mol. The third-order valence-corrected chi connectivity index (χ3v) is 4.68. The lowest BCUT2D eigenvalue weighted by Crippen LogP contribution is -2.11. The zero-order chi connectivity index (χ0) is 18.0. The molecule has 0 fully saturated rings. The quantitative estimate of drug-likeness (QED) is 0.609. The van der Waals surface area contributed by atoms with Gasteiger partial charge in [0.2, 0.25) is 0 Å². The number of rotatable bonds is 5. The van der Waals surface area contributed by atoms with Gasteiger partial charge in [-0.1, -0.05) is 57.5 Å². The standard InChI is InChI=1S/C23H29O/c1-14(2)19-8-9-20(21(12-19)15(3)4)23(24)13-22-17(6)10-16(5)11-18(22)7/h8-11,14-15H,13H2,1-7H3. The average Bonchev–Trinajstić information content (AvgIpc) is 2.49. The van der Waals surface area contributed by atoms with Gasteiger partial charge in [-0.2, -0.15) is 0 Å². The second kappa shape index (κ2) is 7.34. The maximum Gasteiger partial charge on any atom is 0.167 e. The van der Waals surface area contributed by atoms with Crippen molar-refractivity contribution in [2.24, 2.45) is 0 Å². The van der Waals surface area contributed by atoms with E-state index in [-0.39, 0.29) is 5.78 Å². The SMILES string of the molecule is Cc1cc(C)c(CC(=O)c2ccc(C(C)C)[c]c2C(C)C)c(C)c1. The van der Waals surface area contributed by atoms with Gasteiger partial charge >= 0.3 is 0 Å². The highest BCUT2D eigenvalue weighted by atomic mass is 16.1. The molecule has 1 heteroatoms. The normalized spacial score (nSPS) is 11.4. The molecule has 1 nitrogen and oxygen atoms in total. The minimum absolute atomic E-state index is 0.195. The van der Waals surface area contributed by atoms with Crippen LogP contribution in [0.5, 0.6) is 0 Å². The third kappa shape index (κ3) is 3.95. The number of hydrogen-bond donors (Lipinski definition) is 0. The van der Waals surface area contributed by atoms with Crippen molar-refractivity contribution in [1.82, 2.24) is 0 Å². The number of aryl methyl sites for hydroxylation is 3. The van der Waals surface area contributed by atoms with Gasteiger partial charge in [0.1, 0.15) is 0 Å². The third-order valence-electron chi connectivity index (χ3n) is 4.68. The molecule has 0 amide bonds. The van der Waals surface area contributed by atoms with E-state index in [0.29, 0.717) is 18.3 Å². The minimum atomic E-state index is 0.195. The van der Waals surface area contributed by atoms with E-state index >= 15 is 0 Å². The van der Waals surface area contributed by atoms with Crippen LogP contribution in [0.25, 0.3) is 0 Å². The first kappa shape index (κ1) is 18.4. The van der Waals surface area contributed by atoms with E-state index in [0.717, 1.165) is 16.7 Å². The zero-order valence-corrected chi connectivity index (χ0v) is 16.1. The first-order chi connectivity index (χ1) is 11.2. The molecule has 2 aromatic carbocycles. The van der Waals surface area contributed by atoms with Gasteiger partial charge in [-0.05, 0) is 66.5 Å². The second-order valence-corrected chi connectivity index (χ2v) is 7.53. The summed E-state index contributed by atoms with van der Waals surface area (Å²) in [5.41, 5.74) is 7.87. The van der Waals surface area contributed by atoms with E-state index in [2.05, 4.69) is 72.7 Å². The fraction of sp³-hybridized carbons (Fsp3) is 0.435. The first-order valence-electron chi connectivity index (χ1n) is 8.86. The van der Waals surface area contributed by atoms with Crippen LogP contribution in [0.3, 0.4) is 0 Å². The summed E-state index contributed by atoms with van der Waals surface area (Å²) in [4.78, 5) is 13.0. The fourth-order valence-corrected chi connectivity index (χ4v) is 3.31. The molecule has 127 valence electrons. The van der Waals surface area contributed by atoms with Crippen molar-refractivity contribution in [3.05, 3.63) is 69.3 Å². The summed E-state index contributed by atoms with van der Waals surface area (Å²) >= 11 is 0. The van der Waals surface area contributed by atoms with E-state index < -0.39 is 0 Å². The van der Waals surface area contributed by atoms with Gasteiger partial charge in [0.15, 0.2) is 5.78 Å². The summed E-state index contributed by atoms with van der Waals surface area (Å²) < 4.78 is 0. The van der Waals surface area contributed by atoms with Crippen LogP contribution < -0.4 is 0 Å². The summed E-state index contributed by atoms with van der Waals surface area (Å²) in [6.07, 6.45) is 0.465. The highest BCUT2D eigenvalue weighted by Crippen LogP contribution is 2.26. The molecule has 0 aliphatic heterocycles. The van der Waals surface area contributed by atoms with Crippen LogP contribution in [0.4, 0.5) is 0 Å².